The third-order valence-corrected chi connectivity index (χ3v) is 38.1. The number of rotatable bonds is 23. The smallest absolute Gasteiger partial charge is 0.344 e. The summed E-state index contributed by atoms with van der Waals surface area (Å²) in [4.78, 5) is 78.0. The standard InChI is InChI=1S/C25H37NO3.C24H32O5.2C20H26O4.C20H26O3.C4H7BrO2.C4H11N/c1-3-4-5-14-26-24(28)16-29-18-7-9-19-17(15-18)6-8-21-20(19)12-13-25(2)22(21)10-11-23(25)27;1-4-27-23(26)14-28-17-6-8-18-16(13-17)5-7-20-19(18)11-12-24(3)21(20)9-10-22(24)29-15(2)25;2*1-20-9-8-15-14-5-3-13(24-11-19(22)23)10-12(14)2-4-16(15)17(20)6-7-18(20)21;1-12(21)23-19-8-7-18-17-5-3-13-11-14(22)4-6-15(13)16(17)9-10-20(18,19)2;1-2-7-4(6)3-5;1-2-3-4-5/h7,9,15,20-23,27H,3-6,8,10-14,16H2,1-2H3,(H,26,28);6,8,13,19-22H,4-5,7,9-12,14H2,1-3H3;2*3,5,10,15-18,21H,2,4,6-9,11H2,1H3,(H,22,23);4,6,11,16-19,22H,3,5,7-10H2,1-2H3;2-3H2,1H3;2-5H2,1H3/p+1. The SMILES string of the molecule is CC(=O)OC1CCC2C3CCc4cc(O)ccc4C3CCC12C.CC12CCC3c4ccc(OCC(=O)O)cc4CCC3C1CCC2O.CC12CCC3c4ccc(OCC(=O)O)cc4CCC3C1CCC2O.CCCCCNC(=O)COc1ccc2c(c1)CCC1C2CCC2(C)C(O)CCC12.CCCC[NH3+].CCOC(=O)CBr.CCOC(=O)COc1ccc2c(c1)CCC1C2CCC2(C)C(OC(C)=O)CCC12. The van der Waals surface area contributed by atoms with Gasteiger partial charge in [-0.05, 0) is 441 Å². The first-order valence-corrected chi connectivity index (χ1v) is 55.4. The number of alkyl halides is 1. The summed E-state index contributed by atoms with van der Waals surface area (Å²) >= 11 is 2.94. The molecule has 1 amide bonds. The van der Waals surface area contributed by atoms with Gasteiger partial charge in [0.2, 0.25) is 0 Å². The minimum absolute atomic E-state index is 0.0368. The third-order valence-electron chi connectivity index (χ3n) is 37.7. The summed E-state index contributed by atoms with van der Waals surface area (Å²) in [5, 5.41) is 61.9. The summed E-state index contributed by atoms with van der Waals surface area (Å²) < 4.78 is 42.9. The highest BCUT2D eigenvalue weighted by Crippen LogP contribution is 2.67. The van der Waals surface area contributed by atoms with E-state index in [-0.39, 0.29) is 114 Å². The first-order valence-electron chi connectivity index (χ1n) is 54.2. The molecule has 0 saturated heterocycles. The van der Waals surface area contributed by atoms with E-state index in [2.05, 4.69) is 123 Å². The van der Waals surface area contributed by atoms with Crippen molar-refractivity contribution in [1.82, 2.24) is 5.32 Å². The summed E-state index contributed by atoms with van der Waals surface area (Å²) in [5.74, 6) is 10.2. The molecule has 0 aromatic heterocycles. The molecule has 5 aromatic rings. The molecule has 10 N–H and O–H groups in total. The number of phenolic OH excluding ortho intramolecular Hbond substituents is 1. The van der Waals surface area contributed by atoms with Gasteiger partial charge in [-0.15, -0.1) is 0 Å². The van der Waals surface area contributed by atoms with Crippen molar-refractivity contribution in [3.63, 3.8) is 0 Å². The second-order valence-electron chi connectivity index (χ2n) is 45.2. The Morgan fingerprint density at radius 1 is 0.376 bits per heavy atom. The largest absolute Gasteiger partial charge is 0.508 e. The minimum atomic E-state index is -0.945. The molecule has 24 heteroatoms. The number of nitrogens with one attached hydrogen (secondary N) is 1. The van der Waals surface area contributed by atoms with Crippen molar-refractivity contribution < 1.29 is 108 Å². The van der Waals surface area contributed by atoms with E-state index in [9.17, 15) is 54.0 Å². The summed E-state index contributed by atoms with van der Waals surface area (Å²) in [7, 11) is 0. The van der Waals surface area contributed by atoms with Crippen LogP contribution in [0.5, 0.6) is 28.7 Å². The highest BCUT2D eigenvalue weighted by Gasteiger charge is 2.61. The average Bonchev–Trinajstić information content (AvgIpc) is 1.66. The Hall–Kier alpha value is -8.29. The third kappa shape index (κ3) is 24.5. The van der Waals surface area contributed by atoms with Crippen molar-refractivity contribution in [3.05, 3.63) is 147 Å². The van der Waals surface area contributed by atoms with E-state index in [1.54, 1.807) is 13.8 Å². The van der Waals surface area contributed by atoms with Crippen molar-refractivity contribution >= 4 is 57.7 Å². The lowest BCUT2D eigenvalue weighted by Gasteiger charge is -2.50. The van der Waals surface area contributed by atoms with E-state index in [1.165, 1.54) is 140 Å². The van der Waals surface area contributed by atoms with Crippen LogP contribution in [0.3, 0.4) is 0 Å². The number of aliphatic hydroxyl groups is 3. The van der Waals surface area contributed by atoms with Gasteiger partial charge in [0.15, 0.2) is 26.4 Å². The van der Waals surface area contributed by atoms with Crippen LogP contribution in [0.25, 0.3) is 0 Å². The molecule has 776 valence electrons. The number of esters is 4. The lowest BCUT2D eigenvalue weighted by molar-refractivity contribution is -0.368. The van der Waals surface area contributed by atoms with Gasteiger partial charge in [-0.1, -0.05) is 114 Å². The lowest BCUT2D eigenvalue weighted by Crippen LogP contribution is -2.49. The second kappa shape index (κ2) is 48.4. The van der Waals surface area contributed by atoms with Gasteiger partial charge in [0, 0.05) is 31.2 Å². The molecule has 0 bridgehead atoms. The van der Waals surface area contributed by atoms with Crippen LogP contribution in [0.4, 0.5) is 0 Å². The fourth-order valence-electron chi connectivity index (χ4n) is 30.7. The molecule has 0 aliphatic heterocycles. The number of carboxylic acid groups (broad SMARTS) is 2. The Bertz CT molecular complexity index is 4980. The molecule has 0 radical (unpaired) electrons. The van der Waals surface area contributed by atoms with Gasteiger partial charge < -0.3 is 79.6 Å². The van der Waals surface area contributed by atoms with Crippen molar-refractivity contribution in [1.29, 1.82) is 0 Å². The Labute approximate surface area is 846 Å². The highest BCUT2D eigenvalue weighted by molar-refractivity contribution is 9.09. The molecule has 25 atom stereocenters. The number of halogens is 1. The molecule has 5 aromatic carbocycles. The number of ether oxygens (including phenoxy) is 8. The van der Waals surface area contributed by atoms with Crippen LogP contribution in [-0.2, 0) is 84.6 Å². The molecule has 10 fully saturated rings. The van der Waals surface area contributed by atoms with Gasteiger partial charge in [0.25, 0.3) is 5.91 Å². The van der Waals surface area contributed by atoms with Crippen molar-refractivity contribution in [2.24, 2.45) is 86.3 Å². The topological polar surface area (TPSA) is 354 Å². The molecule has 20 rings (SSSR count). The Morgan fingerprint density at radius 2 is 0.681 bits per heavy atom. The van der Waals surface area contributed by atoms with E-state index in [0.717, 1.165) is 179 Å². The van der Waals surface area contributed by atoms with Crippen LogP contribution in [0, 0.1) is 86.3 Å². The van der Waals surface area contributed by atoms with E-state index < -0.39 is 11.9 Å². The molecule has 0 spiro atoms. The summed E-state index contributed by atoms with van der Waals surface area (Å²) in [6.45, 7) is 24.7. The van der Waals surface area contributed by atoms with Crippen molar-refractivity contribution in [2.75, 3.05) is 58.1 Å². The number of amides is 1. The fraction of sp³-hybridized carbons (Fsp3) is 0.684. The van der Waals surface area contributed by atoms with E-state index in [0.29, 0.717) is 125 Å². The van der Waals surface area contributed by atoms with Crippen molar-refractivity contribution in [3.8, 4) is 28.7 Å². The number of hydrogen-bond donors (Lipinski definition) is 8. The number of benzene rings is 5. The lowest BCUT2D eigenvalue weighted by atomic mass is 9.55. The number of unbranched alkanes of at least 4 members (excludes halogenated alkanes) is 3. The fourth-order valence-corrected chi connectivity index (χ4v) is 30.8. The Kier molecular flexibility index (Phi) is 37.2. The molecule has 23 nitrogen and oxygen atoms in total. The van der Waals surface area contributed by atoms with E-state index in [4.69, 9.17) is 43.4 Å². The number of phenols is 1. The Morgan fingerprint density at radius 3 is 0.986 bits per heavy atom. The summed E-state index contributed by atoms with van der Waals surface area (Å²) in [5.41, 5.74) is 18.3. The Balaban J connectivity index is 0.000000136. The quantitative estimate of drug-likeness (QED) is 0.0130. The maximum Gasteiger partial charge on any atom is 0.344 e. The molecule has 10 saturated carbocycles. The molecule has 0 heterocycles. The number of fused-ring (bicyclic) bond motifs is 25. The predicted octanol–water partition coefficient (Wildman–Crippen LogP) is 20.9. The number of aliphatic carboxylic acids is 2. The van der Waals surface area contributed by atoms with Crippen LogP contribution in [0.2, 0.25) is 0 Å². The molecule has 141 heavy (non-hydrogen) atoms. The van der Waals surface area contributed by atoms with Crippen molar-refractivity contribution in [2.45, 2.75) is 361 Å². The van der Waals surface area contributed by atoms with Crippen LogP contribution in [-0.4, -0.2) is 161 Å². The van der Waals surface area contributed by atoms with Crippen LogP contribution < -0.4 is 30.0 Å². The van der Waals surface area contributed by atoms with Crippen LogP contribution in [0.15, 0.2) is 91.0 Å². The average molecular weight is 2020 g/mol. The monoisotopic (exact) mass is 2010 g/mol. The highest BCUT2D eigenvalue weighted by atomic mass is 79.9. The molecule has 15 aliphatic carbocycles. The maximum absolute atomic E-state index is 12.0. The zero-order valence-corrected chi connectivity index (χ0v) is 87.8. The van der Waals surface area contributed by atoms with Gasteiger partial charge in [-0.25, -0.2) is 14.4 Å². The minimum Gasteiger partial charge on any atom is -0.508 e. The van der Waals surface area contributed by atoms with Crippen LogP contribution >= 0.6 is 15.9 Å². The predicted molar refractivity (Wildman–Crippen MR) is 546 cm³/mol. The number of carboxylic acids is 2. The van der Waals surface area contributed by atoms with Crippen LogP contribution in [0.1, 0.15) is 354 Å². The van der Waals surface area contributed by atoms with Gasteiger partial charge >= 0.3 is 35.8 Å². The summed E-state index contributed by atoms with van der Waals surface area (Å²) in [6.07, 6.45) is 39.0. The number of quaternary nitrogens is 1. The van der Waals surface area contributed by atoms with Gasteiger partial charge in [0.05, 0.1) is 38.1 Å². The first-order chi connectivity index (χ1) is 67.6. The first kappa shape index (κ1) is 108. The van der Waals surface area contributed by atoms with Gasteiger partial charge in [-0.2, -0.15) is 0 Å². The molecule has 25 unspecified atom stereocenters. The zero-order valence-electron chi connectivity index (χ0n) is 86.2. The van der Waals surface area contributed by atoms with E-state index in [1.807, 2.05) is 48.5 Å². The molecular formula is C117H166BrN2O21+. The number of aliphatic hydroxyl groups excluding tert-OH is 3. The number of hydrogen-bond acceptors (Lipinski definition) is 19. The maximum atomic E-state index is 12.0. The zero-order chi connectivity index (χ0) is 101. The summed E-state index contributed by atoms with van der Waals surface area (Å²) in [6, 6.07) is 30.9. The van der Waals surface area contributed by atoms with E-state index >= 15 is 0 Å². The number of aromatic hydroxyl groups is 1. The molecule has 15 aliphatic rings. The molecular weight excluding hydrogens is 1850 g/mol. The number of carbonyl (C=O) groups is 7. The normalized spacial score (nSPS) is 33.1. The van der Waals surface area contributed by atoms with Gasteiger partial charge in [-0.3, -0.25) is 19.2 Å². The number of aryl methyl sites for hydroxylation is 5. The number of carbonyl (C=O) groups excluding carboxylic acids is 5. The van der Waals surface area contributed by atoms with Gasteiger partial charge in [0.1, 0.15) is 46.3 Å². The second-order valence-corrected chi connectivity index (χ2v) is 45.8.